The lowest BCUT2D eigenvalue weighted by Gasteiger charge is -2.13. The monoisotopic (exact) mass is 445 g/mol. The number of aliphatic imine (C=N–C) groups is 1. The Balaban J connectivity index is 0.00000264. The second-order valence-corrected chi connectivity index (χ2v) is 5.75. The maximum absolute atomic E-state index is 5.65. The Kier molecular flexibility index (Phi) is 9.70. The number of para-hydroxylation sites is 1. The number of ether oxygens (including phenoxy) is 1. The number of hydrogen-bond acceptors (Lipinski definition) is 3. The van der Waals surface area contributed by atoms with Crippen molar-refractivity contribution in [2.24, 2.45) is 4.99 Å². The Morgan fingerprint density at radius 2 is 2.00 bits per heavy atom. The van der Waals surface area contributed by atoms with Gasteiger partial charge in [0.15, 0.2) is 5.96 Å². The number of halogens is 1. The minimum Gasteiger partial charge on any atom is -0.494 e. The van der Waals surface area contributed by atoms with Gasteiger partial charge in [-0.1, -0.05) is 24.3 Å². The van der Waals surface area contributed by atoms with Gasteiger partial charge in [-0.15, -0.1) is 35.3 Å². The van der Waals surface area contributed by atoms with E-state index in [2.05, 4.69) is 39.2 Å². The molecule has 0 fully saturated rings. The number of benzene rings is 1. The number of thiophene rings is 1. The predicted molar refractivity (Wildman–Crippen MR) is 109 cm³/mol. The maximum Gasteiger partial charge on any atom is 0.191 e. The fourth-order valence-corrected chi connectivity index (χ4v) is 2.77. The van der Waals surface area contributed by atoms with Crippen LogP contribution in [0.4, 0.5) is 0 Å². The van der Waals surface area contributed by atoms with Crippen molar-refractivity contribution in [1.82, 2.24) is 10.6 Å². The topological polar surface area (TPSA) is 45.6 Å². The molecule has 4 nitrogen and oxygen atoms in total. The van der Waals surface area contributed by atoms with Crippen molar-refractivity contribution >= 4 is 41.3 Å². The summed E-state index contributed by atoms with van der Waals surface area (Å²) in [4.78, 5) is 5.54. The molecule has 0 aliphatic heterocycles. The average Bonchev–Trinajstić information content (AvgIpc) is 3.06. The van der Waals surface area contributed by atoms with Crippen LogP contribution in [-0.4, -0.2) is 26.2 Å². The van der Waals surface area contributed by atoms with Gasteiger partial charge in [-0.05, 0) is 36.4 Å². The molecule has 23 heavy (non-hydrogen) atoms. The van der Waals surface area contributed by atoms with Crippen molar-refractivity contribution < 1.29 is 4.74 Å². The summed E-state index contributed by atoms with van der Waals surface area (Å²) in [6, 6.07) is 12.3. The van der Waals surface area contributed by atoms with E-state index in [1.807, 2.05) is 25.1 Å². The first kappa shape index (κ1) is 19.8. The van der Waals surface area contributed by atoms with E-state index in [9.17, 15) is 0 Å². The van der Waals surface area contributed by atoms with Crippen LogP contribution in [0.15, 0.2) is 46.8 Å². The summed E-state index contributed by atoms with van der Waals surface area (Å²) in [6.07, 6.45) is 0.899. The van der Waals surface area contributed by atoms with Crippen molar-refractivity contribution in [3.63, 3.8) is 0 Å². The molecule has 1 aromatic carbocycles. The molecule has 2 rings (SSSR count). The fourth-order valence-electron chi connectivity index (χ4n) is 2.13. The predicted octanol–water partition coefficient (Wildman–Crippen LogP) is 3.67. The van der Waals surface area contributed by atoms with Gasteiger partial charge < -0.3 is 15.4 Å². The summed E-state index contributed by atoms with van der Waals surface area (Å²) in [5.41, 5.74) is 1.21. The highest BCUT2D eigenvalue weighted by atomic mass is 127. The molecular formula is C17H24IN3OS. The Labute approximate surface area is 159 Å². The van der Waals surface area contributed by atoms with Crippen LogP contribution in [0.5, 0.6) is 5.75 Å². The minimum absolute atomic E-state index is 0. The summed E-state index contributed by atoms with van der Waals surface area (Å²) in [5, 5.41) is 8.73. The van der Waals surface area contributed by atoms with Gasteiger partial charge in [0.05, 0.1) is 13.2 Å². The van der Waals surface area contributed by atoms with Gasteiger partial charge in [0.1, 0.15) is 5.75 Å². The second kappa shape index (κ2) is 11.3. The number of rotatable bonds is 7. The van der Waals surface area contributed by atoms with E-state index in [0.29, 0.717) is 6.61 Å². The zero-order chi connectivity index (χ0) is 15.6. The van der Waals surface area contributed by atoms with E-state index in [1.165, 1.54) is 10.4 Å². The van der Waals surface area contributed by atoms with Crippen LogP contribution in [-0.2, 0) is 13.0 Å². The van der Waals surface area contributed by atoms with Gasteiger partial charge in [0.2, 0.25) is 0 Å². The summed E-state index contributed by atoms with van der Waals surface area (Å²) in [6.45, 7) is 4.31. The fraction of sp³-hybridized carbons (Fsp3) is 0.353. The van der Waals surface area contributed by atoms with E-state index < -0.39 is 0 Å². The van der Waals surface area contributed by atoms with E-state index in [0.717, 1.165) is 31.2 Å². The highest BCUT2D eigenvalue weighted by Crippen LogP contribution is 2.17. The number of hydrogen-bond donors (Lipinski definition) is 2. The van der Waals surface area contributed by atoms with Crippen LogP contribution >= 0.6 is 35.3 Å². The lowest BCUT2D eigenvalue weighted by atomic mass is 10.1. The van der Waals surface area contributed by atoms with Crippen LogP contribution in [0.1, 0.15) is 17.4 Å². The molecule has 126 valence electrons. The molecule has 6 heteroatoms. The third-order valence-electron chi connectivity index (χ3n) is 3.19. The molecule has 0 aliphatic rings. The summed E-state index contributed by atoms with van der Waals surface area (Å²) < 4.78 is 5.65. The molecule has 1 aromatic heterocycles. The van der Waals surface area contributed by atoms with Gasteiger partial charge in [-0.2, -0.15) is 0 Å². The standard InChI is InChI=1S/C17H23N3OS.HI/c1-3-21-16-9-5-4-7-14(16)10-11-19-17(18-2)20-13-15-8-6-12-22-15;/h4-9,12H,3,10-11,13H2,1-2H3,(H2,18,19,20);1H. The molecular weight excluding hydrogens is 421 g/mol. The van der Waals surface area contributed by atoms with Crippen LogP contribution < -0.4 is 15.4 Å². The van der Waals surface area contributed by atoms with Crippen LogP contribution in [0.2, 0.25) is 0 Å². The number of nitrogens with one attached hydrogen (secondary N) is 2. The Morgan fingerprint density at radius 1 is 1.17 bits per heavy atom. The first-order valence-electron chi connectivity index (χ1n) is 7.51. The van der Waals surface area contributed by atoms with Crippen LogP contribution in [0, 0.1) is 0 Å². The zero-order valence-corrected chi connectivity index (χ0v) is 16.7. The van der Waals surface area contributed by atoms with Crippen molar-refractivity contribution in [3.05, 3.63) is 52.2 Å². The Bertz CT molecular complexity index is 587. The molecule has 0 radical (unpaired) electrons. The molecule has 0 amide bonds. The lowest BCUT2D eigenvalue weighted by molar-refractivity contribution is 0.336. The second-order valence-electron chi connectivity index (χ2n) is 4.72. The molecule has 0 unspecified atom stereocenters. The Morgan fingerprint density at radius 3 is 2.70 bits per heavy atom. The molecule has 2 aromatic rings. The normalized spacial score (nSPS) is 10.8. The molecule has 0 saturated carbocycles. The van der Waals surface area contributed by atoms with E-state index in [-0.39, 0.29) is 24.0 Å². The van der Waals surface area contributed by atoms with Crippen molar-refractivity contribution in [2.75, 3.05) is 20.2 Å². The van der Waals surface area contributed by atoms with Gasteiger partial charge in [-0.25, -0.2) is 0 Å². The van der Waals surface area contributed by atoms with Crippen LogP contribution in [0.25, 0.3) is 0 Å². The summed E-state index contributed by atoms with van der Waals surface area (Å²) in [5.74, 6) is 1.79. The molecule has 0 aliphatic carbocycles. The minimum atomic E-state index is 0. The molecule has 0 atom stereocenters. The van der Waals surface area contributed by atoms with E-state index >= 15 is 0 Å². The van der Waals surface area contributed by atoms with Gasteiger partial charge >= 0.3 is 0 Å². The quantitative estimate of drug-likeness (QED) is 0.389. The van der Waals surface area contributed by atoms with Crippen molar-refractivity contribution in [1.29, 1.82) is 0 Å². The largest absolute Gasteiger partial charge is 0.494 e. The molecule has 0 saturated heterocycles. The van der Waals surface area contributed by atoms with Crippen molar-refractivity contribution in [3.8, 4) is 5.75 Å². The van der Waals surface area contributed by atoms with Gasteiger partial charge in [0, 0.05) is 18.5 Å². The Hall–Kier alpha value is -1.28. The number of guanidine groups is 1. The summed E-state index contributed by atoms with van der Waals surface area (Å²) >= 11 is 1.74. The van der Waals surface area contributed by atoms with Gasteiger partial charge in [0.25, 0.3) is 0 Å². The molecule has 1 heterocycles. The maximum atomic E-state index is 5.65. The van der Waals surface area contributed by atoms with Crippen LogP contribution in [0.3, 0.4) is 0 Å². The molecule has 0 spiro atoms. The van der Waals surface area contributed by atoms with Crippen molar-refractivity contribution in [2.45, 2.75) is 19.9 Å². The SMILES string of the molecule is CCOc1ccccc1CCNC(=NC)NCc1cccs1.I. The first-order valence-corrected chi connectivity index (χ1v) is 8.39. The third-order valence-corrected chi connectivity index (χ3v) is 4.07. The number of nitrogens with zero attached hydrogens (tertiary/aromatic N) is 1. The highest BCUT2D eigenvalue weighted by molar-refractivity contribution is 14.0. The smallest absolute Gasteiger partial charge is 0.191 e. The molecule has 2 N–H and O–H groups in total. The lowest BCUT2D eigenvalue weighted by Crippen LogP contribution is -2.37. The summed E-state index contributed by atoms with van der Waals surface area (Å²) in [7, 11) is 1.79. The van der Waals surface area contributed by atoms with E-state index in [1.54, 1.807) is 18.4 Å². The first-order chi connectivity index (χ1) is 10.8. The molecule has 0 bridgehead atoms. The third kappa shape index (κ3) is 6.78. The average molecular weight is 445 g/mol. The zero-order valence-electron chi connectivity index (χ0n) is 13.5. The highest BCUT2D eigenvalue weighted by Gasteiger charge is 2.03. The van der Waals surface area contributed by atoms with Gasteiger partial charge in [-0.3, -0.25) is 4.99 Å². The van der Waals surface area contributed by atoms with E-state index in [4.69, 9.17) is 4.74 Å².